The molecule has 7 atom stereocenters. The van der Waals surface area contributed by atoms with E-state index in [1.165, 1.54) is 11.3 Å². The van der Waals surface area contributed by atoms with Crippen LogP contribution in [-0.2, 0) is 55.8 Å². The summed E-state index contributed by atoms with van der Waals surface area (Å²) in [5.41, 5.74) is 8.50. The summed E-state index contributed by atoms with van der Waals surface area (Å²) in [6.07, 6.45) is 1.38. The Labute approximate surface area is 443 Å². The number of carbonyl (C=O) groups excluding carboxylic acids is 3. The van der Waals surface area contributed by atoms with Crippen LogP contribution in [0.5, 0.6) is 0 Å². The zero-order valence-corrected chi connectivity index (χ0v) is 45.1. The molecular weight excluding hydrogens is 983 g/mol. The van der Waals surface area contributed by atoms with Crippen LogP contribution in [0.1, 0.15) is 96.4 Å². The van der Waals surface area contributed by atoms with Gasteiger partial charge in [-0.1, -0.05) is 34.6 Å². The first-order chi connectivity index (χ1) is 36.6. The van der Waals surface area contributed by atoms with Gasteiger partial charge in [-0.05, 0) is 86.6 Å². The Bertz CT molecular complexity index is 2700. The van der Waals surface area contributed by atoms with Crippen LogP contribution in [0.15, 0.2) is 41.1 Å². The SMILES string of the molecule is CO[C@@H](C)c1ncc(N2CCN(C3COC3)CC2)cc1-c1c2c3cc(ccc3n1CCOC1CCOCC1)-c1nc(co1)[C@@H](OCC(F)F)[C@H](NC(=O)[C@@H]1[C@@H](C)[C@H]1C(C)C)C(=O)N1CCC[C@H](N1)C(=O)OCC(C)(C)C2. The Kier molecular flexibility index (Phi) is 16.5. The van der Waals surface area contributed by atoms with Crippen LogP contribution in [-0.4, -0.2) is 159 Å². The minimum atomic E-state index is -2.90. The normalized spacial score (nSPS) is 26.4. The number of rotatable bonds is 15. The summed E-state index contributed by atoms with van der Waals surface area (Å²) >= 11 is 0. The summed E-state index contributed by atoms with van der Waals surface area (Å²) in [5, 5.41) is 5.07. The standard InChI is InChI=1S/C56H76F2N8O10/c1-32(2)46-33(3)47(46)52(67)61-49-51(74-30-45(57)58)43-29-75-53(60-43)35-10-11-44-39(23-35)41(25-56(5,6)31-76-55(69)42-9-8-14-66(62-42)54(49)68)50(65(44)19-22-73-38-12-20-71-21-13-38)40-24-36(26-59-48(40)34(4)70-7)63-15-17-64(18-16-63)37-27-72-28-37/h10-11,23-24,26,29,32-34,37-38,42,45-47,49,51,62H,8-9,12-22,25,27-28,30-31H2,1-7H3,(H,61,67)/t33-,34-,42-,46+,47+,49-,51+/m0/s1. The number of cyclic esters (lactones) is 1. The van der Waals surface area contributed by atoms with Crippen molar-refractivity contribution >= 4 is 34.4 Å². The Morgan fingerprint density at radius 3 is 2.47 bits per heavy atom. The van der Waals surface area contributed by atoms with E-state index in [4.69, 9.17) is 42.8 Å². The smallest absolute Gasteiger partial charge is 0.324 e. The molecule has 20 heteroatoms. The number of esters is 1. The predicted octanol–water partition coefficient (Wildman–Crippen LogP) is 6.75. The molecule has 5 aliphatic heterocycles. The lowest BCUT2D eigenvalue weighted by molar-refractivity contribution is -0.157. The molecule has 0 radical (unpaired) electrons. The minimum Gasteiger partial charge on any atom is -0.464 e. The Morgan fingerprint density at radius 1 is 1.00 bits per heavy atom. The van der Waals surface area contributed by atoms with Crippen molar-refractivity contribution < 1.29 is 56.0 Å². The molecule has 10 rings (SSSR count). The van der Waals surface area contributed by atoms with Crippen LogP contribution in [0, 0.1) is 29.1 Å². The summed E-state index contributed by atoms with van der Waals surface area (Å²) < 4.78 is 72.9. The van der Waals surface area contributed by atoms with Gasteiger partial charge in [0, 0.05) is 93.0 Å². The topological polar surface area (TPSA) is 184 Å². The Hall–Kier alpha value is -5.09. The number of oxazole rings is 1. The molecule has 2 N–H and O–H groups in total. The van der Waals surface area contributed by atoms with Crippen molar-refractivity contribution in [3.8, 4) is 22.7 Å². The second-order valence-electron chi connectivity index (χ2n) is 22.8. The third-order valence-electron chi connectivity index (χ3n) is 16.6. The highest BCUT2D eigenvalue weighted by molar-refractivity contribution is 5.95. The molecule has 414 valence electrons. The molecule has 1 saturated carbocycles. The molecule has 2 amide bonds. The highest BCUT2D eigenvalue weighted by Gasteiger charge is 2.54. The molecule has 1 aromatic carbocycles. The Morgan fingerprint density at radius 2 is 1.78 bits per heavy atom. The molecule has 0 spiro atoms. The number of benzene rings is 1. The van der Waals surface area contributed by atoms with E-state index >= 15 is 0 Å². The maximum atomic E-state index is 14.8. The first-order valence-electron chi connectivity index (χ1n) is 27.4. The van der Waals surface area contributed by atoms with Gasteiger partial charge in [-0.3, -0.25) is 29.3 Å². The number of piperazine rings is 1. The zero-order valence-electron chi connectivity index (χ0n) is 45.1. The lowest BCUT2D eigenvalue weighted by Crippen LogP contribution is -2.61. The quantitative estimate of drug-likeness (QED) is 0.119. The van der Waals surface area contributed by atoms with Crippen LogP contribution < -0.4 is 15.6 Å². The number of ether oxygens (including phenoxy) is 6. The van der Waals surface area contributed by atoms with Crippen LogP contribution >= 0.6 is 0 Å². The van der Waals surface area contributed by atoms with Crippen LogP contribution in [0.4, 0.5) is 14.5 Å². The number of hydrazine groups is 1. The number of methoxy groups -OCH3 is 1. The van der Waals surface area contributed by atoms with Gasteiger partial charge in [0.15, 0.2) is 0 Å². The molecule has 0 unspecified atom stereocenters. The summed E-state index contributed by atoms with van der Waals surface area (Å²) in [6.45, 7) is 18.6. The highest BCUT2D eigenvalue weighted by atomic mass is 19.3. The number of anilines is 1. The maximum Gasteiger partial charge on any atom is 0.324 e. The first-order valence-corrected chi connectivity index (χ1v) is 27.4. The largest absolute Gasteiger partial charge is 0.464 e. The number of alkyl halides is 2. The maximum absolute atomic E-state index is 14.8. The van der Waals surface area contributed by atoms with E-state index in [0.717, 1.165) is 91.3 Å². The average molecular weight is 1060 g/mol. The molecular formula is C56H76F2N8O10. The fraction of sp³-hybridized carbons (Fsp3) is 0.661. The van der Waals surface area contributed by atoms with E-state index in [2.05, 4.69) is 45.0 Å². The molecule has 6 aliphatic rings. The fourth-order valence-electron chi connectivity index (χ4n) is 12.2. The number of hydrogen-bond acceptors (Lipinski definition) is 15. The van der Waals surface area contributed by atoms with Gasteiger partial charge in [-0.2, -0.15) is 0 Å². The van der Waals surface area contributed by atoms with Gasteiger partial charge in [-0.15, -0.1) is 0 Å². The predicted molar refractivity (Wildman–Crippen MR) is 278 cm³/mol. The number of hydrogen-bond donors (Lipinski definition) is 2. The van der Waals surface area contributed by atoms with Crippen molar-refractivity contribution in [2.45, 2.75) is 123 Å². The van der Waals surface area contributed by atoms with E-state index in [0.29, 0.717) is 57.2 Å². The van der Waals surface area contributed by atoms with Crippen molar-refractivity contribution in [3.63, 3.8) is 0 Å². The van der Waals surface area contributed by atoms with Crippen molar-refractivity contribution in [1.82, 2.24) is 35.2 Å². The molecule has 8 heterocycles. The second kappa shape index (κ2) is 23.1. The van der Waals surface area contributed by atoms with Crippen LogP contribution in [0.2, 0.25) is 0 Å². The van der Waals surface area contributed by atoms with Gasteiger partial charge in [0.25, 0.3) is 12.3 Å². The van der Waals surface area contributed by atoms with E-state index in [9.17, 15) is 23.2 Å². The van der Waals surface area contributed by atoms with E-state index < -0.39 is 66.4 Å². The van der Waals surface area contributed by atoms with Gasteiger partial charge in [0.2, 0.25) is 11.8 Å². The number of halogens is 2. The highest BCUT2D eigenvalue weighted by Crippen LogP contribution is 2.51. The monoisotopic (exact) mass is 1060 g/mol. The van der Waals surface area contributed by atoms with Gasteiger partial charge < -0.3 is 47.6 Å². The van der Waals surface area contributed by atoms with E-state index in [1.54, 1.807) is 7.11 Å². The van der Waals surface area contributed by atoms with E-state index in [-0.39, 0.29) is 48.6 Å². The minimum absolute atomic E-state index is 0.0362. The number of nitrogens with zero attached hydrogens (tertiary/aromatic N) is 6. The lowest BCUT2D eigenvalue weighted by atomic mass is 9.84. The molecule has 6 bridgehead atoms. The fourth-order valence-corrected chi connectivity index (χ4v) is 12.2. The molecule has 18 nitrogen and oxygen atoms in total. The molecule has 4 saturated heterocycles. The lowest BCUT2D eigenvalue weighted by Gasteiger charge is -2.43. The zero-order chi connectivity index (χ0) is 53.4. The van der Waals surface area contributed by atoms with Crippen molar-refractivity contribution in [2.75, 3.05) is 91.0 Å². The average Bonchev–Trinajstić information content (AvgIpc) is 3.81. The van der Waals surface area contributed by atoms with Crippen molar-refractivity contribution in [1.29, 1.82) is 0 Å². The molecule has 4 aromatic rings. The molecule has 5 fully saturated rings. The second-order valence-corrected chi connectivity index (χ2v) is 22.8. The molecule has 3 aromatic heterocycles. The number of fused-ring (bicyclic) bond motifs is 6. The summed E-state index contributed by atoms with van der Waals surface area (Å²) in [7, 11) is 1.68. The molecule has 1 aliphatic carbocycles. The van der Waals surface area contributed by atoms with Gasteiger partial charge >= 0.3 is 5.97 Å². The van der Waals surface area contributed by atoms with Crippen LogP contribution in [0.3, 0.4) is 0 Å². The Balaban J connectivity index is 1.11. The summed E-state index contributed by atoms with van der Waals surface area (Å²) in [4.78, 5) is 58.2. The number of carbonyl (C=O) groups is 3. The number of aromatic nitrogens is 3. The van der Waals surface area contributed by atoms with Gasteiger partial charge in [0.05, 0.1) is 67.9 Å². The van der Waals surface area contributed by atoms with E-state index in [1.807, 2.05) is 52.1 Å². The third kappa shape index (κ3) is 11.5. The third-order valence-corrected chi connectivity index (χ3v) is 16.6. The summed E-state index contributed by atoms with van der Waals surface area (Å²) in [6, 6.07) is 6.21. The van der Waals surface area contributed by atoms with Crippen molar-refractivity contribution in [3.05, 3.63) is 53.7 Å². The van der Waals surface area contributed by atoms with Crippen LogP contribution in [0.25, 0.3) is 33.6 Å². The summed E-state index contributed by atoms with van der Waals surface area (Å²) in [5.74, 6) is -1.52. The van der Waals surface area contributed by atoms with Gasteiger partial charge in [0.1, 0.15) is 36.8 Å². The van der Waals surface area contributed by atoms with Crippen molar-refractivity contribution in [2.24, 2.45) is 29.1 Å². The number of amides is 2. The van der Waals surface area contributed by atoms with Gasteiger partial charge in [-0.25, -0.2) is 19.2 Å². The first kappa shape index (κ1) is 54.3. The number of nitrogens with one attached hydrogen (secondary N) is 2. The number of pyridine rings is 1. The molecule has 76 heavy (non-hydrogen) atoms.